The first-order valence-corrected chi connectivity index (χ1v) is 6.94. The van der Waals surface area contributed by atoms with Gasteiger partial charge in [0.1, 0.15) is 18.1 Å². The zero-order valence-corrected chi connectivity index (χ0v) is 12.6. The quantitative estimate of drug-likeness (QED) is 0.822. The summed E-state index contributed by atoms with van der Waals surface area (Å²) in [5.41, 5.74) is 2.75. The smallest absolute Gasteiger partial charge is 0.125 e. The van der Waals surface area contributed by atoms with Crippen LogP contribution in [0.2, 0.25) is 0 Å². The first kappa shape index (κ1) is 14.9. The Hall–Kier alpha value is -2.47. The molecular formula is C18H19NO2. The molecular weight excluding hydrogens is 262 g/mol. The fraction of sp³-hybridized carbons (Fsp3) is 0.278. The number of methoxy groups -OCH3 is 1. The molecule has 0 aliphatic heterocycles. The van der Waals surface area contributed by atoms with Crippen LogP contribution in [0.1, 0.15) is 36.5 Å². The van der Waals surface area contributed by atoms with Crippen LogP contribution in [0.5, 0.6) is 11.5 Å². The van der Waals surface area contributed by atoms with Crippen LogP contribution in [0.3, 0.4) is 0 Å². The second kappa shape index (κ2) is 6.81. The normalized spacial score (nSPS) is 10.2. The van der Waals surface area contributed by atoms with E-state index < -0.39 is 0 Å². The lowest BCUT2D eigenvalue weighted by atomic mass is 10.0. The SMILES string of the molecule is COc1ccc(C#N)cc1COc1ccc(C(C)C)cc1. The third-order valence-electron chi connectivity index (χ3n) is 3.35. The van der Waals surface area contributed by atoms with Crippen LogP contribution < -0.4 is 9.47 Å². The number of hydrogen-bond acceptors (Lipinski definition) is 3. The number of rotatable bonds is 5. The molecule has 0 bridgehead atoms. The van der Waals surface area contributed by atoms with E-state index >= 15 is 0 Å². The molecule has 0 unspecified atom stereocenters. The van der Waals surface area contributed by atoms with Gasteiger partial charge >= 0.3 is 0 Å². The van der Waals surface area contributed by atoms with Crippen molar-refractivity contribution in [1.82, 2.24) is 0 Å². The highest BCUT2D eigenvalue weighted by atomic mass is 16.5. The van der Waals surface area contributed by atoms with Crippen molar-refractivity contribution in [1.29, 1.82) is 5.26 Å². The summed E-state index contributed by atoms with van der Waals surface area (Å²) < 4.78 is 11.1. The van der Waals surface area contributed by atoms with Crippen molar-refractivity contribution < 1.29 is 9.47 Å². The second-order valence-corrected chi connectivity index (χ2v) is 5.15. The fourth-order valence-corrected chi connectivity index (χ4v) is 2.07. The zero-order chi connectivity index (χ0) is 15.2. The van der Waals surface area contributed by atoms with Gasteiger partial charge in [-0.25, -0.2) is 0 Å². The van der Waals surface area contributed by atoms with Gasteiger partial charge in [0.05, 0.1) is 18.7 Å². The van der Waals surface area contributed by atoms with Gasteiger partial charge in [-0.3, -0.25) is 0 Å². The highest BCUT2D eigenvalue weighted by molar-refractivity contribution is 5.42. The molecule has 0 heterocycles. The molecule has 3 nitrogen and oxygen atoms in total. The van der Waals surface area contributed by atoms with Crippen LogP contribution in [0.25, 0.3) is 0 Å². The number of ether oxygens (including phenoxy) is 2. The number of nitrogens with zero attached hydrogens (tertiary/aromatic N) is 1. The van der Waals surface area contributed by atoms with Crippen LogP contribution in [0.15, 0.2) is 42.5 Å². The van der Waals surface area contributed by atoms with Gasteiger partial charge in [-0.15, -0.1) is 0 Å². The average Bonchev–Trinajstić information content (AvgIpc) is 2.52. The topological polar surface area (TPSA) is 42.2 Å². The maximum absolute atomic E-state index is 8.96. The van der Waals surface area contributed by atoms with E-state index in [1.54, 1.807) is 25.3 Å². The van der Waals surface area contributed by atoms with E-state index in [4.69, 9.17) is 14.7 Å². The van der Waals surface area contributed by atoms with Gasteiger partial charge in [0.15, 0.2) is 0 Å². The van der Waals surface area contributed by atoms with Crippen LogP contribution in [-0.4, -0.2) is 7.11 Å². The first-order chi connectivity index (χ1) is 10.1. The van der Waals surface area contributed by atoms with Crippen LogP contribution in [0, 0.1) is 11.3 Å². The summed E-state index contributed by atoms with van der Waals surface area (Å²) in [7, 11) is 1.61. The second-order valence-electron chi connectivity index (χ2n) is 5.15. The van der Waals surface area contributed by atoms with Gasteiger partial charge in [-0.05, 0) is 41.8 Å². The minimum Gasteiger partial charge on any atom is -0.496 e. The van der Waals surface area contributed by atoms with Crippen molar-refractivity contribution >= 4 is 0 Å². The summed E-state index contributed by atoms with van der Waals surface area (Å²) in [6, 6.07) is 15.5. The summed E-state index contributed by atoms with van der Waals surface area (Å²) in [6.07, 6.45) is 0. The van der Waals surface area contributed by atoms with E-state index in [2.05, 4.69) is 32.0 Å². The Morgan fingerprint density at radius 1 is 1.10 bits per heavy atom. The number of benzene rings is 2. The Labute approximate surface area is 125 Å². The highest BCUT2D eigenvalue weighted by Gasteiger charge is 2.06. The molecule has 0 N–H and O–H groups in total. The Balaban J connectivity index is 2.10. The summed E-state index contributed by atoms with van der Waals surface area (Å²) >= 11 is 0. The molecule has 108 valence electrons. The largest absolute Gasteiger partial charge is 0.496 e. The molecule has 0 amide bonds. The van der Waals surface area contributed by atoms with E-state index in [1.165, 1.54) is 5.56 Å². The van der Waals surface area contributed by atoms with Crippen molar-refractivity contribution in [3.05, 3.63) is 59.2 Å². The summed E-state index contributed by atoms with van der Waals surface area (Å²) in [6.45, 7) is 4.70. The van der Waals surface area contributed by atoms with E-state index in [-0.39, 0.29) is 0 Å². The molecule has 2 rings (SSSR count). The minimum absolute atomic E-state index is 0.375. The van der Waals surface area contributed by atoms with Gasteiger partial charge < -0.3 is 9.47 Å². The maximum Gasteiger partial charge on any atom is 0.125 e. The highest BCUT2D eigenvalue weighted by Crippen LogP contribution is 2.23. The van der Waals surface area contributed by atoms with Crippen molar-refractivity contribution in [3.63, 3.8) is 0 Å². The third kappa shape index (κ3) is 3.76. The first-order valence-electron chi connectivity index (χ1n) is 6.94. The Bertz CT molecular complexity index is 639. The predicted molar refractivity (Wildman–Crippen MR) is 82.6 cm³/mol. The van der Waals surface area contributed by atoms with Crippen molar-refractivity contribution in [2.75, 3.05) is 7.11 Å². The van der Waals surface area contributed by atoms with Gasteiger partial charge in [0.25, 0.3) is 0 Å². The average molecular weight is 281 g/mol. The van der Waals surface area contributed by atoms with Crippen LogP contribution >= 0.6 is 0 Å². The van der Waals surface area contributed by atoms with Gasteiger partial charge in [-0.2, -0.15) is 5.26 Å². The Morgan fingerprint density at radius 2 is 1.81 bits per heavy atom. The van der Waals surface area contributed by atoms with Crippen molar-refractivity contribution in [2.45, 2.75) is 26.4 Å². The molecule has 21 heavy (non-hydrogen) atoms. The van der Waals surface area contributed by atoms with Crippen LogP contribution in [0.4, 0.5) is 0 Å². The molecule has 0 fully saturated rings. The molecule has 2 aromatic rings. The third-order valence-corrected chi connectivity index (χ3v) is 3.35. The van der Waals surface area contributed by atoms with E-state index in [0.717, 1.165) is 17.1 Å². The lowest BCUT2D eigenvalue weighted by molar-refractivity contribution is 0.296. The lowest BCUT2D eigenvalue weighted by Gasteiger charge is -2.11. The Morgan fingerprint density at radius 3 is 2.38 bits per heavy atom. The number of hydrogen-bond donors (Lipinski definition) is 0. The molecule has 0 spiro atoms. The molecule has 0 saturated heterocycles. The molecule has 0 radical (unpaired) electrons. The van der Waals surface area contributed by atoms with Crippen LogP contribution in [-0.2, 0) is 6.61 Å². The van der Waals surface area contributed by atoms with Gasteiger partial charge in [0.2, 0.25) is 0 Å². The molecule has 0 aliphatic rings. The zero-order valence-electron chi connectivity index (χ0n) is 12.6. The molecule has 0 aliphatic carbocycles. The van der Waals surface area contributed by atoms with Gasteiger partial charge in [-0.1, -0.05) is 26.0 Å². The minimum atomic E-state index is 0.375. The molecule has 0 saturated carbocycles. The van der Waals surface area contributed by atoms with Gasteiger partial charge in [0, 0.05) is 5.56 Å². The fourth-order valence-electron chi connectivity index (χ4n) is 2.07. The van der Waals surface area contributed by atoms with Crippen molar-refractivity contribution in [3.8, 4) is 17.6 Å². The summed E-state index contributed by atoms with van der Waals surface area (Å²) in [5, 5.41) is 8.96. The number of nitriles is 1. The maximum atomic E-state index is 8.96. The monoisotopic (exact) mass is 281 g/mol. The van der Waals surface area contributed by atoms with E-state index in [0.29, 0.717) is 18.1 Å². The summed E-state index contributed by atoms with van der Waals surface area (Å²) in [5.74, 6) is 2.04. The van der Waals surface area contributed by atoms with E-state index in [9.17, 15) is 0 Å². The molecule has 3 heteroatoms. The summed E-state index contributed by atoms with van der Waals surface area (Å²) in [4.78, 5) is 0. The molecule has 0 atom stereocenters. The molecule has 0 aromatic heterocycles. The Kier molecular flexibility index (Phi) is 4.84. The molecule has 2 aromatic carbocycles. The standard InChI is InChI=1S/C18H19NO2/c1-13(2)15-5-7-17(8-6-15)21-12-16-10-14(11-19)4-9-18(16)20-3/h4-10,13H,12H2,1-3H3. The van der Waals surface area contributed by atoms with Crippen molar-refractivity contribution in [2.24, 2.45) is 0 Å². The lowest BCUT2D eigenvalue weighted by Crippen LogP contribution is -1.99. The van der Waals surface area contributed by atoms with E-state index in [1.807, 2.05) is 12.1 Å². The predicted octanol–water partition coefficient (Wildman–Crippen LogP) is 4.27.